The van der Waals surface area contributed by atoms with Crippen molar-refractivity contribution in [3.05, 3.63) is 114 Å². The Balaban J connectivity index is 1.35. The van der Waals surface area contributed by atoms with E-state index in [-0.39, 0.29) is 15.4 Å². The fraction of sp³-hybridized carbons (Fsp3) is 0. The Morgan fingerprint density at radius 1 is 0.771 bits per heavy atom. The fourth-order valence-electron chi connectivity index (χ4n) is 3.50. The molecule has 0 aliphatic rings. The minimum absolute atomic E-state index is 0.0632. The van der Waals surface area contributed by atoms with Gasteiger partial charge in [-0.25, -0.2) is 18.2 Å². The van der Waals surface area contributed by atoms with Gasteiger partial charge in [0, 0.05) is 10.6 Å². The molecule has 0 radical (unpaired) electrons. The first-order chi connectivity index (χ1) is 16.9. The molecule has 1 heterocycles. The summed E-state index contributed by atoms with van der Waals surface area (Å²) in [6.07, 6.45) is 1.67. The van der Waals surface area contributed by atoms with Crippen molar-refractivity contribution in [2.45, 2.75) is 9.79 Å². The Kier molecular flexibility index (Phi) is 6.03. The molecule has 0 fully saturated rings. The maximum Gasteiger partial charge on any atom is 0.343 e. The van der Waals surface area contributed by atoms with Gasteiger partial charge in [-0.1, -0.05) is 35.9 Å². The minimum atomic E-state index is -3.73. The molecule has 0 saturated carbocycles. The Hall–Kier alpha value is -4.07. The molecule has 0 saturated heterocycles. The fourth-order valence-corrected chi connectivity index (χ4v) is 4.89. The summed E-state index contributed by atoms with van der Waals surface area (Å²) in [5.41, 5.74) is 3.17. The second kappa shape index (κ2) is 9.29. The largest absolute Gasteiger partial charge is 0.423 e. The molecule has 0 aliphatic carbocycles. The Morgan fingerprint density at radius 2 is 1.43 bits per heavy atom. The van der Waals surface area contributed by atoms with Crippen LogP contribution in [-0.4, -0.2) is 24.4 Å². The van der Waals surface area contributed by atoms with Gasteiger partial charge in [-0.05, 0) is 72.8 Å². The average Bonchev–Trinajstić information content (AvgIpc) is 2.89. The molecule has 8 heteroatoms. The second-order valence-corrected chi connectivity index (χ2v) is 10.0. The molecule has 0 atom stereocenters. The van der Waals surface area contributed by atoms with Crippen LogP contribution in [0.2, 0.25) is 5.02 Å². The van der Waals surface area contributed by atoms with E-state index in [0.29, 0.717) is 16.5 Å². The van der Waals surface area contributed by atoms with Crippen molar-refractivity contribution in [1.82, 2.24) is 9.97 Å². The van der Waals surface area contributed by atoms with E-state index in [9.17, 15) is 13.2 Å². The first-order valence-corrected chi connectivity index (χ1v) is 12.4. The molecular formula is C27H17ClN2O4S. The number of carbonyl (C=O) groups excluding carboxylic acids is 1. The lowest BCUT2D eigenvalue weighted by atomic mass is 10.1. The van der Waals surface area contributed by atoms with Crippen molar-refractivity contribution in [1.29, 1.82) is 0 Å². The zero-order valence-corrected chi connectivity index (χ0v) is 19.7. The van der Waals surface area contributed by atoms with Crippen LogP contribution in [0.3, 0.4) is 0 Å². The summed E-state index contributed by atoms with van der Waals surface area (Å²) < 4.78 is 31.1. The molecule has 35 heavy (non-hydrogen) atoms. The number of carbonyl (C=O) groups is 1. The van der Waals surface area contributed by atoms with E-state index in [0.717, 1.165) is 16.6 Å². The lowest BCUT2D eigenvalue weighted by Gasteiger charge is -2.08. The van der Waals surface area contributed by atoms with Gasteiger partial charge in [-0.15, -0.1) is 0 Å². The second-order valence-electron chi connectivity index (χ2n) is 7.64. The van der Waals surface area contributed by atoms with E-state index in [4.69, 9.17) is 16.3 Å². The van der Waals surface area contributed by atoms with E-state index < -0.39 is 15.8 Å². The van der Waals surface area contributed by atoms with Gasteiger partial charge in [0.1, 0.15) is 5.75 Å². The number of halogens is 1. The number of hydrogen-bond acceptors (Lipinski definition) is 6. The van der Waals surface area contributed by atoms with Gasteiger partial charge in [-0.2, -0.15) is 0 Å². The van der Waals surface area contributed by atoms with Crippen molar-refractivity contribution in [3.8, 4) is 17.0 Å². The van der Waals surface area contributed by atoms with Crippen LogP contribution < -0.4 is 4.74 Å². The number of esters is 1. The molecule has 1 aromatic heterocycles. The number of sulfone groups is 1. The maximum atomic E-state index is 12.8. The standard InChI is InChI=1S/C27H17ClN2O4S/c28-20-10-14-23(15-11-20)35(32,33)22-12-8-18(9-13-22)27(31)34-21-5-3-4-19(16-21)26-17-29-24-6-1-2-7-25(24)30-26/h1-17H. The molecular weight excluding hydrogens is 484 g/mol. The quantitative estimate of drug-likeness (QED) is 0.217. The highest BCUT2D eigenvalue weighted by Crippen LogP contribution is 2.25. The minimum Gasteiger partial charge on any atom is -0.423 e. The first kappa shape index (κ1) is 22.7. The van der Waals surface area contributed by atoms with E-state index in [1.54, 1.807) is 24.4 Å². The number of hydrogen-bond donors (Lipinski definition) is 0. The number of aromatic nitrogens is 2. The number of benzene rings is 4. The predicted octanol–water partition coefficient (Wildman–Crippen LogP) is 6.00. The molecule has 0 unspecified atom stereocenters. The summed E-state index contributed by atoms with van der Waals surface area (Å²) in [6, 6.07) is 26.0. The molecule has 172 valence electrons. The number of rotatable bonds is 5. The first-order valence-electron chi connectivity index (χ1n) is 10.6. The lowest BCUT2D eigenvalue weighted by molar-refractivity contribution is 0.0734. The van der Waals surface area contributed by atoms with E-state index in [1.807, 2.05) is 30.3 Å². The average molecular weight is 501 g/mol. The van der Waals surface area contributed by atoms with E-state index in [1.165, 1.54) is 48.5 Å². The van der Waals surface area contributed by atoms with Crippen LogP contribution in [-0.2, 0) is 9.84 Å². The highest BCUT2D eigenvalue weighted by molar-refractivity contribution is 7.91. The van der Waals surface area contributed by atoms with Gasteiger partial charge in [0.15, 0.2) is 0 Å². The third-order valence-corrected chi connectivity index (χ3v) is 7.35. The monoisotopic (exact) mass is 500 g/mol. The van der Waals surface area contributed by atoms with Crippen LogP contribution in [0, 0.1) is 0 Å². The summed E-state index contributed by atoms with van der Waals surface area (Å²) in [5.74, 6) is -0.275. The molecule has 5 rings (SSSR count). The van der Waals surface area contributed by atoms with Crippen LogP contribution in [0.25, 0.3) is 22.3 Å². The normalized spacial score (nSPS) is 11.3. The zero-order valence-electron chi connectivity index (χ0n) is 18.1. The summed E-state index contributed by atoms with van der Waals surface area (Å²) in [5, 5.41) is 0.443. The third kappa shape index (κ3) is 4.77. The van der Waals surface area contributed by atoms with Crippen LogP contribution in [0.4, 0.5) is 0 Å². The lowest BCUT2D eigenvalue weighted by Crippen LogP contribution is -2.09. The summed E-state index contributed by atoms with van der Waals surface area (Å²) in [7, 11) is -3.73. The van der Waals surface area contributed by atoms with Crippen molar-refractivity contribution in [2.75, 3.05) is 0 Å². The van der Waals surface area contributed by atoms with Gasteiger partial charge < -0.3 is 4.74 Å². The third-order valence-electron chi connectivity index (χ3n) is 5.31. The molecule has 4 aromatic carbocycles. The number of nitrogens with zero attached hydrogens (tertiary/aromatic N) is 2. The highest BCUT2D eigenvalue weighted by Gasteiger charge is 2.19. The predicted molar refractivity (Wildman–Crippen MR) is 133 cm³/mol. The van der Waals surface area contributed by atoms with Crippen LogP contribution >= 0.6 is 11.6 Å². The number of ether oxygens (including phenoxy) is 1. The van der Waals surface area contributed by atoms with Crippen LogP contribution in [0.15, 0.2) is 113 Å². The molecule has 6 nitrogen and oxygen atoms in total. The topological polar surface area (TPSA) is 86.2 Å². The van der Waals surface area contributed by atoms with Crippen molar-refractivity contribution in [2.24, 2.45) is 0 Å². The molecule has 0 N–H and O–H groups in total. The Labute approximate surface area is 206 Å². The smallest absolute Gasteiger partial charge is 0.343 e. The number of para-hydroxylation sites is 2. The van der Waals surface area contributed by atoms with Crippen molar-refractivity contribution in [3.63, 3.8) is 0 Å². The van der Waals surface area contributed by atoms with Gasteiger partial charge in [0.25, 0.3) is 0 Å². The Bertz CT molecular complexity index is 1650. The summed E-state index contributed by atoms with van der Waals surface area (Å²) >= 11 is 5.84. The van der Waals surface area contributed by atoms with E-state index in [2.05, 4.69) is 9.97 Å². The Morgan fingerprint density at radius 3 is 2.14 bits per heavy atom. The highest BCUT2D eigenvalue weighted by atomic mass is 35.5. The summed E-state index contributed by atoms with van der Waals surface area (Å²) in [4.78, 5) is 21.9. The SMILES string of the molecule is O=C(Oc1cccc(-c2cnc3ccccc3n2)c1)c1ccc(S(=O)(=O)c2ccc(Cl)cc2)cc1. The van der Waals surface area contributed by atoms with Gasteiger partial charge in [-0.3, -0.25) is 4.98 Å². The van der Waals surface area contributed by atoms with Crippen molar-refractivity contribution < 1.29 is 17.9 Å². The van der Waals surface area contributed by atoms with Gasteiger partial charge >= 0.3 is 5.97 Å². The summed E-state index contributed by atoms with van der Waals surface area (Å²) in [6.45, 7) is 0. The molecule has 0 amide bonds. The van der Waals surface area contributed by atoms with E-state index >= 15 is 0 Å². The maximum absolute atomic E-state index is 12.8. The molecule has 0 bridgehead atoms. The molecule has 0 aliphatic heterocycles. The van der Waals surface area contributed by atoms with Crippen LogP contribution in [0.1, 0.15) is 10.4 Å². The van der Waals surface area contributed by atoms with Gasteiger partial charge in [0.2, 0.25) is 9.84 Å². The molecule has 5 aromatic rings. The number of fused-ring (bicyclic) bond motifs is 1. The zero-order chi connectivity index (χ0) is 24.4. The molecule has 0 spiro atoms. The van der Waals surface area contributed by atoms with Crippen LogP contribution in [0.5, 0.6) is 5.75 Å². The van der Waals surface area contributed by atoms with Gasteiger partial charge in [0.05, 0.1) is 38.3 Å². The van der Waals surface area contributed by atoms with Crippen molar-refractivity contribution >= 4 is 38.4 Å².